The molecule has 1 N–H and O–H groups in total. The van der Waals surface area contributed by atoms with Crippen LogP contribution in [0.25, 0.3) is 0 Å². The van der Waals surface area contributed by atoms with Gasteiger partial charge in [0.05, 0.1) is 13.2 Å². The Labute approximate surface area is 169 Å². The summed E-state index contributed by atoms with van der Waals surface area (Å²) in [6, 6.07) is 8.13. The number of ether oxygens (including phenoxy) is 2. The van der Waals surface area contributed by atoms with E-state index in [1.165, 1.54) is 5.56 Å². The number of hydrogen-bond donors (Lipinski definition) is 1. The lowest BCUT2D eigenvalue weighted by atomic mass is 10.1. The Hall–Kier alpha value is -1.02. The molecule has 142 valence electrons. The lowest BCUT2D eigenvalue weighted by Gasteiger charge is -2.25. The third-order valence-corrected chi connectivity index (χ3v) is 4.08. The molecule has 1 aromatic rings. The van der Waals surface area contributed by atoms with Gasteiger partial charge in [-0.05, 0) is 44.9 Å². The van der Waals surface area contributed by atoms with Crippen molar-refractivity contribution in [1.29, 1.82) is 0 Å². The van der Waals surface area contributed by atoms with Gasteiger partial charge in [0, 0.05) is 32.7 Å². The summed E-state index contributed by atoms with van der Waals surface area (Å²) < 4.78 is 11.4. The molecule has 1 saturated heterocycles. The van der Waals surface area contributed by atoms with Gasteiger partial charge in [0.15, 0.2) is 5.96 Å². The molecule has 6 heteroatoms. The molecule has 0 aliphatic carbocycles. The summed E-state index contributed by atoms with van der Waals surface area (Å²) in [4.78, 5) is 6.94. The molecule has 0 saturated carbocycles. The van der Waals surface area contributed by atoms with Crippen LogP contribution in [-0.2, 0) is 4.74 Å². The molecule has 1 aliphatic rings. The third-order valence-electron chi connectivity index (χ3n) is 4.08. The summed E-state index contributed by atoms with van der Waals surface area (Å²) in [6.45, 7) is 10.4. The summed E-state index contributed by atoms with van der Waals surface area (Å²) in [7, 11) is 2.09. The number of rotatable bonds is 7. The maximum absolute atomic E-state index is 5.96. The summed E-state index contributed by atoms with van der Waals surface area (Å²) in [6.07, 6.45) is 1.17. The van der Waals surface area contributed by atoms with Crippen molar-refractivity contribution in [1.82, 2.24) is 10.2 Å². The van der Waals surface area contributed by atoms with Crippen molar-refractivity contribution in [3.05, 3.63) is 29.8 Å². The average molecular weight is 461 g/mol. The largest absolute Gasteiger partial charge is 0.489 e. The quantitative estimate of drug-likeness (QED) is 0.385. The van der Waals surface area contributed by atoms with Gasteiger partial charge in [-0.25, -0.2) is 4.99 Å². The Morgan fingerprint density at radius 3 is 2.92 bits per heavy atom. The summed E-state index contributed by atoms with van der Waals surface area (Å²) in [5.74, 6) is 2.43. The second kappa shape index (κ2) is 11.6. The molecule has 2 unspecified atom stereocenters. The van der Waals surface area contributed by atoms with Crippen LogP contribution in [0.2, 0.25) is 0 Å². The first-order chi connectivity index (χ1) is 11.6. The molecule has 5 nitrogen and oxygen atoms in total. The molecular formula is C19H32IN3O2. The maximum atomic E-state index is 5.96. The zero-order chi connectivity index (χ0) is 17.4. The Morgan fingerprint density at radius 2 is 2.28 bits per heavy atom. The highest BCUT2D eigenvalue weighted by Crippen LogP contribution is 2.15. The molecule has 0 radical (unpaired) electrons. The van der Waals surface area contributed by atoms with E-state index < -0.39 is 0 Å². The molecular weight excluding hydrogens is 429 g/mol. The highest BCUT2D eigenvalue weighted by molar-refractivity contribution is 14.0. The summed E-state index contributed by atoms with van der Waals surface area (Å²) in [5.41, 5.74) is 1.20. The number of aliphatic imine (C=N–C) groups is 1. The van der Waals surface area contributed by atoms with Crippen molar-refractivity contribution in [3.8, 4) is 5.75 Å². The summed E-state index contributed by atoms with van der Waals surface area (Å²) in [5, 5.41) is 3.36. The van der Waals surface area contributed by atoms with Gasteiger partial charge in [0.1, 0.15) is 11.9 Å². The van der Waals surface area contributed by atoms with E-state index in [0.29, 0.717) is 12.5 Å². The van der Waals surface area contributed by atoms with Crippen molar-refractivity contribution >= 4 is 29.9 Å². The fraction of sp³-hybridized carbons (Fsp3) is 0.632. The van der Waals surface area contributed by atoms with E-state index in [0.717, 1.165) is 44.4 Å². The minimum atomic E-state index is 0. The van der Waals surface area contributed by atoms with Crippen LogP contribution in [0.1, 0.15) is 25.8 Å². The lowest BCUT2D eigenvalue weighted by Crippen LogP contribution is -2.42. The van der Waals surface area contributed by atoms with Crippen molar-refractivity contribution in [2.45, 2.75) is 33.3 Å². The highest BCUT2D eigenvalue weighted by Gasteiger charge is 2.19. The number of nitrogens with one attached hydrogen (secondary N) is 1. The van der Waals surface area contributed by atoms with Crippen LogP contribution in [0.5, 0.6) is 5.75 Å². The molecule has 0 bridgehead atoms. The lowest BCUT2D eigenvalue weighted by molar-refractivity contribution is 0.181. The normalized spacial score (nSPS) is 18.4. The SMILES string of the molecule is CCNC(=NCC(C)Oc1cccc(C)c1)N(C)CC1CCOC1.I. The highest BCUT2D eigenvalue weighted by atomic mass is 127. The maximum Gasteiger partial charge on any atom is 0.193 e. The minimum absolute atomic E-state index is 0. The van der Waals surface area contributed by atoms with Gasteiger partial charge in [0.25, 0.3) is 0 Å². The number of hydrogen-bond acceptors (Lipinski definition) is 3. The molecule has 1 aromatic carbocycles. The van der Waals surface area contributed by atoms with E-state index in [9.17, 15) is 0 Å². The number of guanidine groups is 1. The van der Waals surface area contributed by atoms with E-state index in [1.54, 1.807) is 0 Å². The predicted octanol–water partition coefficient (Wildman–Crippen LogP) is 3.31. The molecule has 25 heavy (non-hydrogen) atoms. The van der Waals surface area contributed by atoms with E-state index in [-0.39, 0.29) is 30.1 Å². The smallest absolute Gasteiger partial charge is 0.193 e. The van der Waals surface area contributed by atoms with Crippen molar-refractivity contribution in [3.63, 3.8) is 0 Å². The Balaban J connectivity index is 0.00000312. The van der Waals surface area contributed by atoms with Gasteiger partial charge in [-0.15, -0.1) is 24.0 Å². The monoisotopic (exact) mass is 461 g/mol. The molecule has 0 aromatic heterocycles. The first-order valence-electron chi connectivity index (χ1n) is 8.89. The van der Waals surface area contributed by atoms with Gasteiger partial charge >= 0.3 is 0 Å². The zero-order valence-electron chi connectivity index (χ0n) is 15.8. The Kier molecular flexibility index (Phi) is 10.2. The van der Waals surface area contributed by atoms with Crippen LogP contribution < -0.4 is 10.1 Å². The van der Waals surface area contributed by atoms with Gasteiger partial charge < -0.3 is 19.7 Å². The number of aryl methyl sites for hydroxylation is 1. The average Bonchev–Trinajstić information content (AvgIpc) is 3.04. The van der Waals surface area contributed by atoms with Gasteiger partial charge in [0.2, 0.25) is 0 Å². The molecule has 0 amide bonds. The molecule has 2 atom stereocenters. The van der Waals surface area contributed by atoms with Gasteiger partial charge in [-0.2, -0.15) is 0 Å². The standard InChI is InChI=1S/C19H31N3O2.HI/c1-5-20-19(22(4)13-17-9-10-23-14-17)21-12-16(3)24-18-8-6-7-15(2)11-18;/h6-8,11,16-17H,5,9-10,12-14H2,1-4H3,(H,20,21);1H. The van der Waals surface area contributed by atoms with Crippen LogP contribution in [0.4, 0.5) is 0 Å². The molecule has 1 aliphatic heterocycles. The second-order valence-corrected chi connectivity index (χ2v) is 6.55. The van der Waals surface area contributed by atoms with E-state index in [2.05, 4.69) is 50.2 Å². The first-order valence-corrected chi connectivity index (χ1v) is 8.89. The molecule has 2 rings (SSSR count). The minimum Gasteiger partial charge on any atom is -0.489 e. The van der Waals surface area contributed by atoms with E-state index in [4.69, 9.17) is 14.5 Å². The zero-order valence-corrected chi connectivity index (χ0v) is 18.2. The van der Waals surface area contributed by atoms with Crippen LogP contribution in [0.15, 0.2) is 29.3 Å². The topological polar surface area (TPSA) is 46.1 Å². The Morgan fingerprint density at radius 1 is 1.48 bits per heavy atom. The van der Waals surface area contributed by atoms with Crippen molar-refractivity contribution in [2.24, 2.45) is 10.9 Å². The van der Waals surface area contributed by atoms with Crippen molar-refractivity contribution in [2.75, 3.05) is 39.9 Å². The predicted molar refractivity (Wildman–Crippen MR) is 114 cm³/mol. The fourth-order valence-electron chi connectivity index (χ4n) is 2.84. The van der Waals surface area contributed by atoms with Crippen molar-refractivity contribution < 1.29 is 9.47 Å². The third kappa shape index (κ3) is 7.81. The fourth-order valence-corrected chi connectivity index (χ4v) is 2.84. The van der Waals surface area contributed by atoms with Gasteiger partial charge in [-0.3, -0.25) is 0 Å². The number of nitrogens with zero attached hydrogens (tertiary/aromatic N) is 2. The Bertz CT molecular complexity index is 533. The summed E-state index contributed by atoms with van der Waals surface area (Å²) >= 11 is 0. The molecule has 1 fully saturated rings. The van der Waals surface area contributed by atoms with Gasteiger partial charge in [-0.1, -0.05) is 12.1 Å². The first kappa shape index (κ1) is 22.0. The van der Waals surface area contributed by atoms with Crippen LogP contribution in [-0.4, -0.2) is 56.9 Å². The number of halogens is 1. The van der Waals surface area contributed by atoms with E-state index in [1.807, 2.05) is 12.1 Å². The van der Waals surface area contributed by atoms with Crippen LogP contribution in [0, 0.1) is 12.8 Å². The second-order valence-electron chi connectivity index (χ2n) is 6.55. The van der Waals surface area contributed by atoms with Crippen LogP contribution in [0.3, 0.4) is 0 Å². The number of benzene rings is 1. The molecule has 1 heterocycles. The molecule has 0 spiro atoms. The van der Waals surface area contributed by atoms with E-state index >= 15 is 0 Å². The van der Waals surface area contributed by atoms with Crippen LogP contribution >= 0.6 is 24.0 Å².